The Morgan fingerprint density at radius 2 is 2.00 bits per heavy atom. The molecule has 1 aliphatic rings. The maximum Gasteiger partial charge on any atom is 0.309 e. The Bertz CT molecular complexity index is 826. The van der Waals surface area contributed by atoms with Crippen LogP contribution >= 0.6 is 0 Å². The van der Waals surface area contributed by atoms with Crippen LogP contribution in [0.1, 0.15) is 25.5 Å². The topological polar surface area (TPSA) is 71.8 Å². The van der Waals surface area contributed by atoms with Gasteiger partial charge >= 0.3 is 5.97 Å². The molecular formula is C21H28FN5O2. The quantitative estimate of drug-likeness (QED) is 0.457. The summed E-state index contributed by atoms with van der Waals surface area (Å²) in [6.45, 7) is 4.52. The third-order valence-electron chi connectivity index (χ3n) is 5.03. The van der Waals surface area contributed by atoms with Crippen molar-refractivity contribution >= 4 is 11.9 Å². The predicted octanol–water partition coefficient (Wildman–Crippen LogP) is 2.40. The molecule has 0 aliphatic carbocycles. The SMILES string of the molecule is CCOC(=O)C1CCN(C(=NC)NCCc2ccn(-c3ccc(F)cc3)n2)CC1. The van der Waals surface area contributed by atoms with Gasteiger partial charge in [0.05, 0.1) is 23.9 Å². The molecule has 2 heterocycles. The van der Waals surface area contributed by atoms with Gasteiger partial charge in [-0.25, -0.2) is 9.07 Å². The highest BCUT2D eigenvalue weighted by Crippen LogP contribution is 2.18. The fourth-order valence-electron chi connectivity index (χ4n) is 3.45. The number of nitrogens with zero attached hydrogens (tertiary/aromatic N) is 4. The van der Waals surface area contributed by atoms with Gasteiger partial charge in [0.15, 0.2) is 5.96 Å². The summed E-state index contributed by atoms with van der Waals surface area (Å²) in [4.78, 5) is 18.4. The molecular weight excluding hydrogens is 373 g/mol. The molecule has 1 aromatic heterocycles. The molecule has 8 heteroatoms. The minimum absolute atomic E-state index is 0.0141. The molecule has 1 saturated heterocycles. The van der Waals surface area contributed by atoms with Crippen LogP contribution in [0.3, 0.4) is 0 Å². The van der Waals surface area contributed by atoms with Crippen molar-refractivity contribution in [2.45, 2.75) is 26.2 Å². The number of nitrogens with one attached hydrogen (secondary N) is 1. The van der Waals surface area contributed by atoms with E-state index in [-0.39, 0.29) is 17.7 Å². The second kappa shape index (κ2) is 10.0. The molecule has 0 amide bonds. The smallest absolute Gasteiger partial charge is 0.309 e. The van der Waals surface area contributed by atoms with E-state index in [1.54, 1.807) is 23.9 Å². The van der Waals surface area contributed by atoms with Gasteiger partial charge in [-0.3, -0.25) is 9.79 Å². The highest BCUT2D eigenvalue weighted by Gasteiger charge is 2.27. The van der Waals surface area contributed by atoms with Crippen LogP contribution in [0.25, 0.3) is 5.69 Å². The highest BCUT2D eigenvalue weighted by atomic mass is 19.1. The average Bonchev–Trinajstić information content (AvgIpc) is 3.21. The summed E-state index contributed by atoms with van der Waals surface area (Å²) in [6.07, 6.45) is 4.17. The van der Waals surface area contributed by atoms with Crippen molar-refractivity contribution < 1.29 is 13.9 Å². The number of hydrogen-bond acceptors (Lipinski definition) is 4. The molecule has 2 aromatic rings. The van der Waals surface area contributed by atoms with E-state index in [1.165, 1.54) is 12.1 Å². The average molecular weight is 401 g/mol. The monoisotopic (exact) mass is 401 g/mol. The van der Waals surface area contributed by atoms with E-state index < -0.39 is 0 Å². The van der Waals surface area contributed by atoms with Gasteiger partial charge in [-0.05, 0) is 50.1 Å². The van der Waals surface area contributed by atoms with Crippen LogP contribution in [-0.4, -0.2) is 59.9 Å². The lowest BCUT2D eigenvalue weighted by molar-refractivity contribution is -0.149. The summed E-state index contributed by atoms with van der Waals surface area (Å²) < 4.78 is 19.9. The second-order valence-electron chi connectivity index (χ2n) is 6.97. The Hall–Kier alpha value is -2.90. The molecule has 0 bridgehead atoms. The molecule has 1 fully saturated rings. The van der Waals surface area contributed by atoms with Gasteiger partial charge in [0.25, 0.3) is 0 Å². The van der Waals surface area contributed by atoms with Crippen molar-refractivity contribution in [2.75, 3.05) is 33.3 Å². The van der Waals surface area contributed by atoms with Gasteiger partial charge in [-0.2, -0.15) is 5.10 Å². The second-order valence-corrected chi connectivity index (χ2v) is 6.97. The number of likely N-dealkylation sites (tertiary alicyclic amines) is 1. The molecule has 0 spiro atoms. The zero-order chi connectivity index (χ0) is 20.6. The van der Waals surface area contributed by atoms with Crippen LogP contribution in [0.15, 0.2) is 41.5 Å². The number of rotatable bonds is 6. The Kier molecular flexibility index (Phi) is 7.21. The van der Waals surface area contributed by atoms with Crippen molar-refractivity contribution in [3.05, 3.63) is 48.0 Å². The maximum absolute atomic E-state index is 13.1. The zero-order valence-electron chi connectivity index (χ0n) is 17.0. The van der Waals surface area contributed by atoms with Gasteiger partial charge < -0.3 is 15.0 Å². The molecule has 0 atom stereocenters. The minimum atomic E-state index is -0.261. The highest BCUT2D eigenvalue weighted by molar-refractivity contribution is 5.80. The normalized spacial score (nSPS) is 15.4. The number of piperidine rings is 1. The first-order valence-corrected chi connectivity index (χ1v) is 10.0. The minimum Gasteiger partial charge on any atom is -0.466 e. The van der Waals surface area contributed by atoms with Crippen molar-refractivity contribution in [1.29, 1.82) is 0 Å². The molecule has 29 heavy (non-hydrogen) atoms. The predicted molar refractivity (Wildman–Crippen MR) is 110 cm³/mol. The Balaban J connectivity index is 1.46. The first-order chi connectivity index (χ1) is 14.1. The lowest BCUT2D eigenvalue weighted by Gasteiger charge is -2.33. The van der Waals surface area contributed by atoms with Crippen molar-refractivity contribution in [3.63, 3.8) is 0 Å². The molecule has 0 unspecified atom stereocenters. The number of ether oxygens (including phenoxy) is 1. The van der Waals surface area contributed by atoms with Gasteiger partial charge in [-0.15, -0.1) is 0 Å². The number of aromatic nitrogens is 2. The number of aliphatic imine (C=N–C) groups is 1. The molecule has 7 nitrogen and oxygen atoms in total. The summed E-state index contributed by atoms with van der Waals surface area (Å²) in [7, 11) is 1.77. The molecule has 0 saturated carbocycles. The lowest BCUT2D eigenvalue weighted by atomic mass is 9.97. The molecule has 156 valence electrons. The van der Waals surface area contributed by atoms with Gasteiger partial charge in [0.2, 0.25) is 0 Å². The number of hydrogen-bond donors (Lipinski definition) is 1. The van der Waals surface area contributed by atoms with Crippen molar-refractivity contribution in [3.8, 4) is 5.69 Å². The van der Waals surface area contributed by atoms with E-state index in [9.17, 15) is 9.18 Å². The van der Waals surface area contributed by atoms with E-state index >= 15 is 0 Å². The zero-order valence-corrected chi connectivity index (χ0v) is 17.0. The number of carbonyl (C=O) groups is 1. The fraction of sp³-hybridized carbons (Fsp3) is 0.476. The van der Waals surface area contributed by atoms with E-state index in [4.69, 9.17) is 4.74 Å². The van der Waals surface area contributed by atoms with Gasteiger partial charge in [0.1, 0.15) is 5.82 Å². The first-order valence-electron chi connectivity index (χ1n) is 10.0. The number of carbonyl (C=O) groups excluding carboxylic acids is 1. The van der Waals surface area contributed by atoms with Crippen LogP contribution in [0.2, 0.25) is 0 Å². The fourth-order valence-corrected chi connectivity index (χ4v) is 3.45. The van der Waals surface area contributed by atoms with Crippen LogP contribution < -0.4 is 5.32 Å². The van der Waals surface area contributed by atoms with Gasteiger partial charge in [0, 0.05) is 39.3 Å². The van der Waals surface area contributed by atoms with Crippen molar-refractivity contribution in [2.24, 2.45) is 10.9 Å². The Labute approximate surface area is 170 Å². The Morgan fingerprint density at radius 3 is 2.66 bits per heavy atom. The maximum atomic E-state index is 13.1. The van der Waals surface area contributed by atoms with Crippen molar-refractivity contribution in [1.82, 2.24) is 20.0 Å². The van der Waals surface area contributed by atoms with Crippen LogP contribution in [-0.2, 0) is 16.0 Å². The third-order valence-corrected chi connectivity index (χ3v) is 5.03. The summed E-state index contributed by atoms with van der Waals surface area (Å²) >= 11 is 0. The van der Waals surface area contributed by atoms with E-state index in [2.05, 4.69) is 20.3 Å². The lowest BCUT2D eigenvalue weighted by Crippen LogP contribution is -2.47. The first kappa shape index (κ1) is 20.8. The Morgan fingerprint density at radius 1 is 1.28 bits per heavy atom. The number of guanidine groups is 1. The number of esters is 1. The van der Waals surface area contributed by atoms with Crippen LogP contribution in [0.5, 0.6) is 0 Å². The standard InChI is InChI=1S/C21H28FN5O2/c1-3-29-20(28)16-9-13-26(14-10-16)21(23-2)24-12-8-18-11-15-27(25-18)19-6-4-17(22)5-7-19/h4-7,11,15-16H,3,8-10,12-14H2,1-2H3,(H,23,24). The summed E-state index contributed by atoms with van der Waals surface area (Å²) in [6, 6.07) is 8.21. The summed E-state index contributed by atoms with van der Waals surface area (Å²) in [5.74, 6) is 0.472. The number of halogens is 1. The van der Waals surface area contributed by atoms with Crippen LogP contribution in [0.4, 0.5) is 4.39 Å². The third kappa shape index (κ3) is 5.56. The van der Waals surface area contributed by atoms with Gasteiger partial charge in [-0.1, -0.05) is 0 Å². The summed E-state index contributed by atoms with van der Waals surface area (Å²) in [5.41, 5.74) is 1.77. The van der Waals surface area contributed by atoms with E-state index in [0.29, 0.717) is 13.2 Å². The van der Waals surface area contributed by atoms with E-state index in [1.807, 2.05) is 19.2 Å². The summed E-state index contributed by atoms with van der Waals surface area (Å²) in [5, 5.41) is 7.92. The van der Waals surface area contributed by atoms with E-state index in [0.717, 1.165) is 49.7 Å². The number of benzene rings is 1. The molecule has 1 aromatic carbocycles. The molecule has 0 radical (unpaired) electrons. The molecule has 1 N–H and O–H groups in total. The molecule has 1 aliphatic heterocycles. The van der Waals surface area contributed by atoms with Crippen LogP contribution in [0, 0.1) is 11.7 Å². The largest absolute Gasteiger partial charge is 0.466 e. The molecule has 3 rings (SSSR count).